The molecule has 0 amide bonds. The number of methoxy groups -OCH3 is 1. The third-order valence-corrected chi connectivity index (χ3v) is 3.81. The van der Waals surface area contributed by atoms with E-state index in [1.54, 1.807) is 7.11 Å². The van der Waals surface area contributed by atoms with Crippen molar-refractivity contribution in [2.24, 2.45) is 5.92 Å². The molecule has 0 heterocycles. The predicted octanol–water partition coefficient (Wildman–Crippen LogP) is 3.74. The van der Waals surface area contributed by atoms with Crippen molar-refractivity contribution in [1.82, 2.24) is 5.32 Å². The molecule has 0 aromatic heterocycles. The summed E-state index contributed by atoms with van der Waals surface area (Å²) >= 11 is 0. The Bertz CT molecular complexity index is 362. The van der Waals surface area contributed by atoms with Gasteiger partial charge in [-0.2, -0.15) is 0 Å². The van der Waals surface area contributed by atoms with Crippen LogP contribution < -0.4 is 10.1 Å². The van der Waals surface area contributed by atoms with Crippen LogP contribution in [0.2, 0.25) is 0 Å². The first-order valence-electron chi connectivity index (χ1n) is 6.99. The summed E-state index contributed by atoms with van der Waals surface area (Å²) < 4.78 is 5.43. The number of hydrogen-bond donors (Lipinski definition) is 1. The summed E-state index contributed by atoms with van der Waals surface area (Å²) in [6, 6.07) is 6.60. The molecule has 102 valence electrons. The van der Waals surface area contributed by atoms with Gasteiger partial charge in [0.25, 0.3) is 0 Å². The second-order valence-corrected chi connectivity index (χ2v) is 5.03. The van der Waals surface area contributed by atoms with E-state index < -0.39 is 0 Å². The van der Waals surface area contributed by atoms with E-state index in [-0.39, 0.29) is 0 Å². The average Bonchev–Trinajstić information content (AvgIpc) is 2.40. The Hall–Kier alpha value is -1.02. The first kappa shape index (κ1) is 15.0. The molecule has 0 saturated carbocycles. The van der Waals surface area contributed by atoms with Crippen molar-refractivity contribution in [3.63, 3.8) is 0 Å². The van der Waals surface area contributed by atoms with E-state index in [1.807, 2.05) is 0 Å². The molecule has 0 radical (unpaired) electrons. The maximum Gasteiger partial charge on any atom is 0.122 e. The van der Waals surface area contributed by atoms with E-state index in [1.165, 1.54) is 17.5 Å². The van der Waals surface area contributed by atoms with E-state index in [9.17, 15) is 0 Å². The first-order chi connectivity index (χ1) is 8.63. The van der Waals surface area contributed by atoms with Crippen molar-refractivity contribution in [3.8, 4) is 5.75 Å². The number of ether oxygens (including phenoxy) is 1. The lowest BCUT2D eigenvalue weighted by Crippen LogP contribution is -2.25. The molecule has 2 heteroatoms. The van der Waals surface area contributed by atoms with Gasteiger partial charge in [0, 0.05) is 6.54 Å². The molecular formula is C16H27NO. The van der Waals surface area contributed by atoms with Crippen molar-refractivity contribution in [3.05, 3.63) is 29.3 Å². The van der Waals surface area contributed by atoms with Crippen LogP contribution in [0.3, 0.4) is 0 Å². The Labute approximate surface area is 112 Å². The Morgan fingerprint density at radius 2 is 2.00 bits per heavy atom. The second-order valence-electron chi connectivity index (χ2n) is 5.03. The van der Waals surface area contributed by atoms with E-state index in [0.717, 1.165) is 18.8 Å². The molecule has 0 spiro atoms. The molecule has 0 bridgehead atoms. The summed E-state index contributed by atoms with van der Waals surface area (Å²) in [6.07, 6.45) is 1.20. The van der Waals surface area contributed by atoms with Crippen LogP contribution in [0.1, 0.15) is 44.2 Å². The van der Waals surface area contributed by atoms with E-state index in [2.05, 4.69) is 51.2 Å². The highest BCUT2D eigenvalue weighted by molar-refractivity contribution is 5.38. The zero-order chi connectivity index (χ0) is 13.5. The van der Waals surface area contributed by atoms with Gasteiger partial charge in [-0.3, -0.25) is 0 Å². The minimum atomic E-state index is 0.560. The summed E-state index contributed by atoms with van der Waals surface area (Å²) in [6.45, 7) is 10.9. The molecule has 18 heavy (non-hydrogen) atoms. The fraction of sp³-hybridized carbons (Fsp3) is 0.625. The third kappa shape index (κ3) is 3.74. The molecule has 0 aliphatic heterocycles. The van der Waals surface area contributed by atoms with Crippen LogP contribution >= 0.6 is 0 Å². The van der Waals surface area contributed by atoms with Crippen molar-refractivity contribution in [2.45, 2.75) is 40.0 Å². The number of aryl methyl sites for hydroxylation is 1. The molecule has 0 fully saturated rings. The van der Waals surface area contributed by atoms with E-state index >= 15 is 0 Å². The summed E-state index contributed by atoms with van der Waals surface area (Å²) in [5, 5.41) is 3.47. The molecule has 2 unspecified atom stereocenters. The normalized spacial score (nSPS) is 14.3. The summed E-state index contributed by atoms with van der Waals surface area (Å²) in [5.41, 5.74) is 2.58. The smallest absolute Gasteiger partial charge is 0.122 e. The van der Waals surface area contributed by atoms with Gasteiger partial charge in [0.05, 0.1) is 7.11 Å². The molecule has 1 N–H and O–H groups in total. The second kappa shape index (κ2) is 7.42. The fourth-order valence-corrected chi connectivity index (χ4v) is 2.30. The number of rotatable bonds is 7. The lowest BCUT2D eigenvalue weighted by atomic mass is 9.85. The van der Waals surface area contributed by atoms with Crippen LogP contribution in [0.15, 0.2) is 18.2 Å². The van der Waals surface area contributed by atoms with Crippen LogP contribution in [0.25, 0.3) is 0 Å². The zero-order valence-corrected chi connectivity index (χ0v) is 12.4. The van der Waals surface area contributed by atoms with Gasteiger partial charge < -0.3 is 10.1 Å². The lowest BCUT2D eigenvalue weighted by Gasteiger charge is -2.24. The molecule has 2 atom stereocenters. The Morgan fingerprint density at radius 1 is 1.28 bits per heavy atom. The van der Waals surface area contributed by atoms with Crippen molar-refractivity contribution < 1.29 is 4.74 Å². The largest absolute Gasteiger partial charge is 0.496 e. The molecule has 1 aromatic rings. The molecule has 0 saturated heterocycles. The molecular weight excluding hydrogens is 222 g/mol. The first-order valence-corrected chi connectivity index (χ1v) is 6.99. The number of nitrogens with one attached hydrogen (secondary N) is 1. The maximum absolute atomic E-state index is 5.43. The lowest BCUT2D eigenvalue weighted by molar-refractivity contribution is 0.403. The highest BCUT2D eigenvalue weighted by Gasteiger charge is 2.18. The molecule has 0 aliphatic carbocycles. The highest BCUT2D eigenvalue weighted by Crippen LogP contribution is 2.30. The summed E-state index contributed by atoms with van der Waals surface area (Å²) in [5.74, 6) is 2.23. The number of hydrogen-bond acceptors (Lipinski definition) is 2. The van der Waals surface area contributed by atoms with Gasteiger partial charge in [-0.1, -0.05) is 39.3 Å². The monoisotopic (exact) mass is 249 g/mol. The number of likely N-dealkylation sites (N-methyl/N-ethyl adjacent to an activating group) is 1. The minimum Gasteiger partial charge on any atom is -0.496 e. The Balaban J connectivity index is 2.96. The zero-order valence-electron chi connectivity index (χ0n) is 12.4. The van der Waals surface area contributed by atoms with E-state index in [0.29, 0.717) is 11.8 Å². The topological polar surface area (TPSA) is 21.3 Å². The van der Waals surface area contributed by atoms with Crippen LogP contribution in [-0.2, 0) is 0 Å². The quantitative estimate of drug-likeness (QED) is 0.795. The molecule has 0 aliphatic rings. The molecule has 1 aromatic carbocycles. The van der Waals surface area contributed by atoms with Gasteiger partial charge in [0.1, 0.15) is 5.75 Å². The Kier molecular flexibility index (Phi) is 6.20. The Morgan fingerprint density at radius 3 is 2.56 bits per heavy atom. The van der Waals surface area contributed by atoms with Gasteiger partial charge >= 0.3 is 0 Å². The van der Waals surface area contributed by atoms with Crippen LogP contribution in [-0.4, -0.2) is 20.2 Å². The van der Waals surface area contributed by atoms with Gasteiger partial charge in [-0.05, 0) is 42.5 Å². The van der Waals surface area contributed by atoms with Gasteiger partial charge in [-0.25, -0.2) is 0 Å². The van der Waals surface area contributed by atoms with Gasteiger partial charge in [-0.15, -0.1) is 0 Å². The molecule has 1 rings (SSSR count). The van der Waals surface area contributed by atoms with Gasteiger partial charge in [0.2, 0.25) is 0 Å². The molecule has 2 nitrogen and oxygen atoms in total. The van der Waals surface area contributed by atoms with Crippen molar-refractivity contribution in [1.29, 1.82) is 0 Å². The van der Waals surface area contributed by atoms with Crippen LogP contribution in [0.4, 0.5) is 0 Å². The average molecular weight is 249 g/mol. The van der Waals surface area contributed by atoms with Crippen LogP contribution in [0.5, 0.6) is 5.75 Å². The standard InChI is InChI=1S/C16H27NO/c1-6-12(3)15(11-17-7-2)14-9-8-13(4)16(10-14)18-5/h8-10,12,15,17H,6-7,11H2,1-5H3. The number of benzene rings is 1. The van der Waals surface area contributed by atoms with Gasteiger partial charge in [0.15, 0.2) is 0 Å². The fourth-order valence-electron chi connectivity index (χ4n) is 2.30. The van der Waals surface area contributed by atoms with Crippen molar-refractivity contribution >= 4 is 0 Å². The maximum atomic E-state index is 5.43. The SMILES string of the molecule is CCNCC(c1ccc(C)c(OC)c1)C(C)CC. The minimum absolute atomic E-state index is 0.560. The van der Waals surface area contributed by atoms with Crippen molar-refractivity contribution in [2.75, 3.05) is 20.2 Å². The predicted molar refractivity (Wildman–Crippen MR) is 78.5 cm³/mol. The van der Waals surface area contributed by atoms with E-state index in [4.69, 9.17) is 4.74 Å². The summed E-state index contributed by atoms with van der Waals surface area (Å²) in [7, 11) is 1.74. The van der Waals surface area contributed by atoms with Crippen LogP contribution in [0, 0.1) is 12.8 Å². The highest BCUT2D eigenvalue weighted by atomic mass is 16.5. The third-order valence-electron chi connectivity index (χ3n) is 3.81. The summed E-state index contributed by atoms with van der Waals surface area (Å²) in [4.78, 5) is 0.